The molecule has 0 radical (unpaired) electrons. The summed E-state index contributed by atoms with van der Waals surface area (Å²) in [5, 5.41) is 5.25. The summed E-state index contributed by atoms with van der Waals surface area (Å²) in [6.45, 7) is 2.65. The molecule has 0 atom stereocenters. The number of carbonyl (C=O) groups is 2. The van der Waals surface area contributed by atoms with Crippen molar-refractivity contribution in [2.75, 3.05) is 10.6 Å². The summed E-state index contributed by atoms with van der Waals surface area (Å²) in [6, 6.07) is 7.88. The van der Waals surface area contributed by atoms with Gasteiger partial charge < -0.3 is 20.9 Å². The van der Waals surface area contributed by atoms with E-state index in [9.17, 15) is 9.59 Å². The number of anilines is 2. The molecular formula is C14H15BrN4O2. The van der Waals surface area contributed by atoms with E-state index in [0.717, 1.165) is 4.47 Å². The number of urea groups is 1. The highest BCUT2D eigenvalue weighted by Crippen LogP contribution is 2.19. The fraction of sp³-hybridized carbons (Fsp3) is 0.143. The number of nitrogens with two attached hydrogens (primary N) is 1. The number of primary amides is 1. The third-order valence-electron chi connectivity index (χ3n) is 2.82. The first kappa shape index (κ1) is 15.1. The second kappa shape index (κ2) is 6.45. The van der Waals surface area contributed by atoms with Crippen LogP contribution in [0.2, 0.25) is 0 Å². The van der Waals surface area contributed by atoms with Crippen LogP contribution < -0.4 is 16.4 Å². The van der Waals surface area contributed by atoms with Crippen LogP contribution >= 0.6 is 15.9 Å². The predicted molar refractivity (Wildman–Crippen MR) is 85.4 cm³/mol. The average molecular weight is 351 g/mol. The molecule has 3 amide bonds. The Balaban J connectivity index is 2.17. The molecule has 0 fully saturated rings. The second-order valence-corrected chi connectivity index (χ2v) is 5.27. The number of carbonyl (C=O) groups excluding carboxylic acids is 2. The van der Waals surface area contributed by atoms with Crippen LogP contribution in [0.5, 0.6) is 0 Å². The molecule has 0 bridgehead atoms. The Hall–Kier alpha value is -2.28. The van der Waals surface area contributed by atoms with E-state index in [1.807, 2.05) is 17.7 Å². The van der Waals surface area contributed by atoms with Gasteiger partial charge >= 0.3 is 6.03 Å². The Bertz CT molecular complexity index is 681. The van der Waals surface area contributed by atoms with E-state index in [2.05, 4.69) is 26.6 Å². The van der Waals surface area contributed by atoms with Crippen molar-refractivity contribution in [1.29, 1.82) is 0 Å². The van der Waals surface area contributed by atoms with Crippen molar-refractivity contribution in [2.24, 2.45) is 5.73 Å². The number of rotatable bonds is 4. The topological polar surface area (TPSA) is 89.2 Å². The lowest BCUT2D eigenvalue weighted by molar-refractivity contribution is 0.101. The molecule has 0 aliphatic rings. The molecule has 0 saturated heterocycles. The van der Waals surface area contributed by atoms with Crippen molar-refractivity contribution in [3.8, 4) is 0 Å². The Morgan fingerprint density at radius 1 is 1.24 bits per heavy atom. The lowest BCUT2D eigenvalue weighted by Crippen LogP contribution is -2.19. The van der Waals surface area contributed by atoms with Gasteiger partial charge in [0, 0.05) is 28.6 Å². The van der Waals surface area contributed by atoms with Crippen LogP contribution in [0.4, 0.5) is 16.2 Å². The molecule has 0 aliphatic carbocycles. The molecule has 0 aliphatic heterocycles. The van der Waals surface area contributed by atoms with Gasteiger partial charge in [0.2, 0.25) is 0 Å². The van der Waals surface area contributed by atoms with Crippen LogP contribution in [0.3, 0.4) is 0 Å². The van der Waals surface area contributed by atoms with Crippen molar-refractivity contribution >= 4 is 39.2 Å². The van der Waals surface area contributed by atoms with Crippen LogP contribution in [0.1, 0.15) is 17.4 Å². The maximum atomic E-state index is 12.3. The molecule has 7 heteroatoms. The second-order valence-electron chi connectivity index (χ2n) is 4.35. The lowest BCUT2D eigenvalue weighted by atomic mass is 10.2. The van der Waals surface area contributed by atoms with Gasteiger partial charge in [-0.2, -0.15) is 0 Å². The first-order valence-corrected chi connectivity index (χ1v) is 7.12. The molecule has 2 aromatic rings. The molecule has 1 aromatic heterocycles. The molecule has 1 heterocycles. The number of hydrogen-bond donors (Lipinski definition) is 3. The zero-order valence-corrected chi connectivity index (χ0v) is 13.0. The highest BCUT2D eigenvalue weighted by Gasteiger charge is 2.12. The number of amides is 3. The fourth-order valence-corrected chi connectivity index (χ4v) is 2.40. The number of nitrogens with zero attached hydrogens (tertiary/aromatic N) is 1. The summed E-state index contributed by atoms with van der Waals surface area (Å²) in [6.07, 6.45) is 1.85. The van der Waals surface area contributed by atoms with Gasteiger partial charge in [0.1, 0.15) is 5.69 Å². The number of hydrogen-bond acceptors (Lipinski definition) is 2. The quantitative estimate of drug-likeness (QED) is 0.791. The molecule has 110 valence electrons. The first-order valence-electron chi connectivity index (χ1n) is 6.33. The number of benzene rings is 1. The van der Waals surface area contributed by atoms with Gasteiger partial charge in [-0.1, -0.05) is 6.07 Å². The summed E-state index contributed by atoms with van der Waals surface area (Å²) in [5.74, 6) is -0.223. The maximum absolute atomic E-state index is 12.3. The minimum Gasteiger partial charge on any atom is -0.351 e. The maximum Gasteiger partial charge on any atom is 0.316 e. The van der Waals surface area contributed by atoms with Gasteiger partial charge in [-0.05, 0) is 47.1 Å². The summed E-state index contributed by atoms with van der Waals surface area (Å²) in [4.78, 5) is 23.1. The average Bonchev–Trinajstić information content (AvgIpc) is 2.79. The molecular weight excluding hydrogens is 336 g/mol. The van der Waals surface area contributed by atoms with Gasteiger partial charge in [-0.25, -0.2) is 4.79 Å². The number of nitrogens with one attached hydrogen (secondary N) is 2. The van der Waals surface area contributed by atoms with Crippen molar-refractivity contribution < 1.29 is 9.59 Å². The van der Waals surface area contributed by atoms with Gasteiger partial charge in [0.15, 0.2) is 0 Å². The third kappa shape index (κ3) is 3.85. The minimum atomic E-state index is -0.651. The van der Waals surface area contributed by atoms with Gasteiger partial charge in [-0.15, -0.1) is 0 Å². The molecule has 0 unspecified atom stereocenters. The summed E-state index contributed by atoms with van der Waals surface area (Å²) in [7, 11) is 0. The van der Waals surface area contributed by atoms with E-state index < -0.39 is 6.03 Å². The number of halogens is 1. The smallest absolute Gasteiger partial charge is 0.316 e. The van der Waals surface area contributed by atoms with E-state index in [1.165, 1.54) is 0 Å². The molecule has 0 saturated carbocycles. The normalized spacial score (nSPS) is 10.2. The van der Waals surface area contributed by atoms with Crippen molar-refractivity contribution in [1.82, 2.24) is 4.57 Å². The summed E-state index contributed by atoms with van der Waals surface area (Å²) >= 11 is 3.35. The zero-order valence-electron chi connectivity index (χ0n) is 11.4. The van der Waals surface area contributed by atoms with E-state index in [0.29, 0.717) is 23.6 Å². The van der Waals surface area contributed by atoms with E-state index in [1.54, 1.807) is 30.3 Å². The van der Waals surface area contributed by atoms with E-state index in [-0.39, 0.29) is 5.91 Å². The number of aryl methyl sites for hydroxylation is 1. The van der Waals surface area contributed by atoms with E-state index >= 15 is 0 Å². The van der Waals surface area contributed by atoms with Crippen molar-refractivity contribution in [3.05, 3.63) is 46.7 Å². The lowest BCUT2D eigenvalue weighted by Gasteiger charge is -2.09. The Labute approximate surface area is 130 Å². The van der Waals surface area contributed by atoms with Crippen LogP contribution in [0.15, 0.2) is 41.0 Å². The predicted octanol–water partition coefficient (Wildman–Crippen LogP) is 3.01. The summed E-state index contributed by atoms with van der Waals surface area (Å²) < 4.78 is 2.68. The van der Waals surface area contributed by atoms with Crippen molar-refractivity contribution in [3.63, 3.8) is 0 Å². The molecule has 2 rings (SSSR count). The monoisotopic (exact) mass is 350 g/mol. The minimum absolute atomic E-state index is 0.223. The molecule has 4 N–H and O–H groups in total. The van der Waals surface area contributed by atoms with Crippen molar-refractivity contribution in [2.45, 2.75) is 13.5 Å². The van der Waals surface area contributed by atoms with Gasteiger partial charge in [-0.3, -0.25) is 4.79 Å². The van der Waals surface area contributed by atoms with Crippen LogP contribution in [-0.4, -0.2) is 16.5 Å². The Morgan fingerprint density at radius 3 is 2.52 bits per heavy atom. The molecule has 1 aromatic carbocycles. The largest absolute Gasteiger partial charge is 0.351 e. The first-order chi connectivity index (χ1) is 9.99. The van der Waals surface area contributed by atoms with Crippen LogP contribution in [0.25, 0.3) is 0 Å². The highest BCUT2D eigenvalue weighted by molar-refractivity contribution is 9.10. The van der Waals surface area contributed by atoms with Gasteiger partial charge in [0.25, 0.3) is 5.91 Å². The zero-order chi connectivity index (χ0) is 15.4. The Kier molecular flexibility index (Phi) is 4.64. The number of aromatic nitrogens is 1. The standard InChI is InChI=1S/C14H15BrN4O2/c1-2-19-8-9(15)6-12(19)13(20)17-10-4-3-5-11(7-10)18-14(16)21/h3-8H,2H2,1H3,(H,17,20)(H3,16,18,21). The Morgan fingerprint density at radius 2 is 1.90 bits per heavy atom. The molecule has 6 nitrogen and oxygen atoms in total. The summed E-state index contributed by atoms with van der Waals surface area (Å²) in [5.41, 5.74) is 6.71. The van der Waals surface area contributed by atoms with E-state index in [4.69, 9.17) is 5.73 Å². The van der Waals surface area contributed by atoms with Crippen LogP contribution in [-0.2, 0) is 6.54 Å². The molecule has 21 heavy (non-hydrogen) atoms. The molecule has 0 spiro atoms. The highest BCUT2D eigenvalue weighted by atomic mass is 79.9. The van der Waals surface area contributed by atoms with Gasteiger partial charge in [0.05, 0.1) is 0 Å². The SMILES string of the molecule is CCn1cc(Br)cc1C(=O)Nc1cccc(NC(N)=O)c1. The third-order valence-corrected chi connectivity index (χ3v) is 3.26. The van der Waals surface area contributed by atoms with Crippen LogP contribution in [0, 0.1) is 0 Å². The fourth-order valence-electron chi connectivity index (χ4n) is 1.94.